The summed E-state index contributed by atoms with van der Waals surface area (Å²) in [5.74, 6) is 0.869. The molecular weight excluding hydrogens is 387 g/mol. The zero-order chi connectivity index (χ0) is 15.9. The predicted octanol–water partition coefficient (Wildman–Crippen LogP) is 3.01. The molecule has 5 heteroatoms. The fourth-order valence-electron chi connectivity index (χ4n) is 1.78. The highest BCUT2D eigenvalue weighted by atomic mass is 127. The van der Waals surface area contributed by atoms with E-state index in [2.05, 4.69) is 86.6 Å². The Balaban J connectivity index is 0.00000441. The number of hydrogen-bond acceptors (Lipinski definition) is 2. The van der Waals surface area contributed by atoms with Crippen LogP contribution >= 0.6 is 24.0 Å². The molecular formula is C17H31IN4. The number of halogens is 1. The molecule has 1 aromatic rings. The molecule has 0 saturated heterocycles. The minimum Gasteiger partial charge on any atom is -0.357 e. The number of nitrogens with one attached hydrogen (secondary N) is 2. The van der Waals surface area contributed by atoms with Crippen molar-refractivity contribution in [1.82, 2.24) is 15.5 Å². The first-order chi connectivity index (χ1) is 9.85. The fourth-order valence-corrected chi connectivity index (χ4v) is 1.78. The molecule has 0 saturated carbocycles. The van der Waals surface area contributed by atoms with Crippen molar-refractivity contribution in [3.05, 3.63) is 35.4 Å². The molecule has 0 aliphatic rings. The van der Waals surface area contributed by atoms with Gasteiger partial charge < -0.3 is 15.5 Å². The summed E-state index contributed by atoms with van der Waals surface area (Å²) in [7, 11) is 4.19. The largest absolute Gasteiger partial charge is 0.357 e. The van der Waals surface area contributed by atoms with Crippen LogP contribution in [0, 0.1) is 6.92 Å². The quantitative estimate of drug-likeness (QED) is 0.424. The summed E-state index contributed by atoms with van der Waals surface area (Å²) in [6, 6.07) is 8.48. The van der Waals surface area contributed by atoms with Gasteiger partial charge in [-0.2, -0.15) is 0 Å². The van der Waals surface area contributed by atoms with E-state index in [-0.39, 0.29) is 29.5 Å². The van der Waals surface area contributed by atoms with E-state index in [1.807, 2.05) is 0 Å². The molecule has 0 unspecified atom stereocenters. The SMILES string of the molecule is CCNC(=NCc1cccc(C)c1)NCC(C)(C)N(C)C.I. The Kier molecular flexibility index (Phi) is 9.67. The van der Waals surface area contributed by atoms with Gasteiger partial charge in [-0.05, 0) is 47.4 Å². The molecule has 1 aromatic carbocycles. The van der Waals surface area contributed by atoms with E-state index in [9.17, 15) is 0 Å². The highest BCUT2D eigenvalue weighted by Crippen LogP contribution is 2.08. The number of hydrogen-bond donors (Lipinski definition) is 2. The van der Waals surface area contributed by atoms with E-state index < -0.39 is 0 Å². The molecule has 0 fully saturated rings. The van der Waals surface area contributed by atoms with Crippen LogP contribution in [0.2, 0.25) is 0 Å². The molecule has 0 atom stereocenters. The van der Waals surface area contributed by atoms with Crippen molar-refractivity contribution in [1.29, 1.82) is 0 Å². The molecule has 0 radical (unpaired) electrons. The number of rotatable bonds is 6. The van der Waals surface area contributed by atoms with E-state index in [1.165, 1.54) is 11.1 Å². The van der Waals surface area contributed by atoms with Gasteiger partial charge in [-0.1, -0.05) is 29.8 Å². The normalized spacial score (nSPS) is 12.0. The average molecular weight is 418 g/mol. The second-order valence-corrected chi connectivity index (χ2v) is 6.24. The van der Waals surface area contributed by atoms with Crippen LogP contribution in [0.4, 0.5) is 0 Å². The van der Waals surface area contributed by atoms with Crippen LogP contribution in [0.15, 0.2) is 29.3 Å². The summed E-state index contributed by atoms with van der Waals surface area (Å²) >= 11 is 0. The lowest BCUT2D eigenvalue weighted by Gasteiger charge is -2.33. The number of likely N-dealkylation sites (N-methyl/N-ethyl adjacent to an activating group) is 1. The van der Waals surface area contributed by atoms with Crippen LogP contribution < -0.4 is 10.6 Å². The molecule has 2 N–H and O–H groups in total. The zero-order valence-electron chi connectivity index (χ0n) is 14.7. The summed E-state index contributed by atoms with van der Waals surface area (Å²) in [5.41, 5.74) is 2.59. The summed E-state index contributed by atoms with van der Waals surface area (Å²) < 4.78 is 0. The average Bonchev–Trinajstić information content (AvgIpc) is 2.42. The first kappa shape index (κ1) is 21.2. The summed E-state index contributed by atoms with van der Waals surface area (Å²) in [4.78, 5) is 6.88. The molecule has 0 bridgehead atoms. The Morgan fingerprint density at radius 3 is 2.45 bits per heavy atom. The molecule has 0 heterocycles. The molecule has 22 heavy (non-hydrogen) atoms. The van der Waals surface area contributed by atoms with E-state index in [0.29, 0.717) is 6.54 Å². The molecule has 0 aliphatic heterocycles. The standard InChI is InChI=1S/C17H30N4.HI/c1-7-18-16(20-13-17(3,4)21(5)6)19-12-15-10-8-9-14(2)11-15;/h8-11H,7,12-13H2,1-6H3,(H2,18,19,20);1H. The van der Waals surface area contributed by atoms with Crippen LogP contribution in [0.25, 0.3) is 0 Å². The highest BCUT2D eigenvalue weighted by molar-refractivity contribution is 14.0. The first-order valence-electron chi connectivity index (χ1n) is 7.60. The van der Waals surface area contributed by atoms with E-state index >= 15 is 0 Å². The van der Waals surface area contributed by atoms with Crippen LogP contribution in [0.5, 0.6) is 0 Å². The molecule has 0 spiro atoms. The Morgan fingerprint density at radius 1 is 1.23 bits per heavy atom. The maximum absolute atomic E-state index is 4.66. The van der Waals surface area contributed by atoms with Gasteiger partial charge in [0.05, 0.1) is 6.54 Å². The van der Waals surface area contributed by atoms with Gasteiger partial charge in [0.25, 0.3) is 0 Å². The van der Waals surface area contributed by atoms with Gasteiger partial charge in [0.2, 0.25) is 0 Å². The van der Waals surface area contributed by atoms with E-state index in [4.69, 9.17) is 0 Å². The minimum absolute atomic E-state index is 0. The molecule has 126 valence electrons. The van der Waals surface area contributed by atoms with Gasteiger partial charge in [-0.25, -0.2) is 4.99 Å². The lowest BCUT2D eigenvalue weighted by Crippen LogP contribution is -2.50. The van der Waals surface area contributed by atoms with Crippen molar-refractivity contribution in [2.75, 3.05) is 27.2 Å². The number of guanidine groups is 1. The fraction of sp³-hybridized carbons (Fsp3) is 0.588. The zero-order valence-corrected chi connectivity index (χ0v) is 17.1. The van der Waals surface area contributed by atoms with Crippen molar-refractivity contribution >= 4 is 29.9 Å². The van der Waals surface area contributed by atoms with Gasteiger partial charge in [0.15, 0.2) is 5.96 Å². The van der Waals surface area contributed by atoms with Crippen molar-refractivity contribution in [3.63, 3.8) is 0 Å². The summed E-state index contributed by atoms with van der Waals surface area (Å²) in [5, 5.41) is 6.72. The smallest absolute Gasteiger partial charge is 0.191 e. The first-order valence-corrected chi connectivity index (χ1v) is 7.60. The number of benzene rings is 1. The van der Waals surface area contributed by atoms with Gasteiger partial charge in [-0.15, -0.1) is 24.0 Å². The monoisotopic (exact) mass is 418 g/mol. The highest BCUT2D eigenvalue weighted by Gasteiger charge is 2.20. The van der Waals surface area contributed by atoms with Crippen LogP contribution in [-0.2, 0) is 6.54 Å². The third kappa shape index (κ3) is 7.45. The van der Waals surface area contributed by atoms with E-state index in [1.54, 1.807) is 0 Å². The third-order valence-electron chi connectivity index (χ3n) is 3.75. The van der Waals surface area contributed by atoms with Crippen molar-refractivity contribution in [3.8, 4) is 0 Å². The Hall–Kier alpha value is -0.820. The van der Waals surface area contributed by atoms with Gasteiger partial charge >= 0.3 is 0 Å². The Morgan fingerprint density at radius 2 is 1.91 bits per heavy atom. The summed E-state index contributed by atoms with van der Waals surface area (Å²) in [6.45, 7) is 11.0. The molecule has 4 nitrogen and oxygen atoms in total. The van der Waals surface area contributed by atoms with Crippen molar-refractivity contribution < 1.29 is 0 Å². The third-order valence-corrected chi connectivity index (χ3v) is 3.75. The molecule has 0 amide bonds. The molecule has 1 rings (SSSR count). The second kappa shape index (κ2) is 10.0. The van der Waals surface area contributed by atoms with Gasteiger partial charge in [0, 0.05) is 18.6 Å². The number of aliphatic imine (C=N–C) groups is 1. The maximum atomic E-state index is 4.66. The number of aryl methyl sites for hydroxylation is 1. The van der Waals surface area contributed by atoms with Crippen LogP contribution in [0.1, 0.15) is 31.9 Å². The maximum Gasteiger partial charge on any atom is 0.191 e. The summed E-state index contributed by atoms with van der Waals surface area (Å²) in [6.07, 6.45) is 0. The molecule has 0 aliphatic carbocycles. The topological polar surface area (TPSA) is 39.7 Å². The second-order valence-electron chi connectivity index (χ2n) is 6.24. The minimum atomic E-state index is 0. The van der Waals surface area contributed by atoms with Crippen LogP contribution in [0.3, 0.4) is 0 Å². The van der Waals surface area contributed by atoms with E-state index in [0.717, 1.165) is 19.0 Å². The lowest BCUT2D eigenvalue weighted by atomic mass is 10.0. The molecule has 0 aromatic heterocycles. The number of nitrogens with zero attached hydrogens (tertiary/aromatic N) is 2. The Bertz CT molecular complexity index is 469. The van der Waals surface area contributed by atoms with Gasteiger partial charge in [-0.3, -0.25) is 0 Å². The predicted molar refractivity (Wildman–Crippen MR) is 107 cm³/mol. The van der Waals surface area contributed by atoms with Crippen LogP contribution in [-0.4, -0.2) is 43.6 Å². The lowest BCUT2D eigenvalue weighted by molar-refractivity contribution is 0.197. The van der Waals surface area contributed by atoms with Crippen molar-refractivity contribution in [2.45, 2.75) is 39.8 Å². The van der Waals surface area contributed by atoms with Gasteiger partial charge in [0.1, 0.15) is 0 Å². The van der Waals surface area contributed by atoms with Crippen molar-refractivity contribution in [2.24, 2.45) is 4.99 Å². The Labute approximate surface area is 152 Å².